The quantitative estimate of drug-likeness (QED) is 0.127. The maximum atomic E-state index is 6.79. The topological polar surface area (TPSA) is 22.9 Å². The first-order valence-corrected chi connectivity index (χ1v) is 31.7. The summed E-state index contributed by atoms with van der Waals surface area (Å²) in [5, 5.41) is 3.37. The van der Waals surface area contributed by atoms with Gasteiger partial charge in [0.15, 0.2) is 0 Å². The number of halogens is 1. The van der Waals surface area contributed by atoms with Gasteiger partial charge in [-0.05, 0) is 205 Å². The van der Waals surface area contributed by atoms with Crippen molar-refractivity contribution < 1.29 is 4.42 Å². The van der Waals surface area contributed by atoms with E-state index in [0.29, 0.717) is 0 Å². The van der Waals surface area contributed by atoms with Gasteiger partial charge < -0.3 is 19.1 Å². The Morgan fingerprint density at radius 2 is 0.941 bits per heavy atom. The van der Waals surface area contributed by atoms with Crippen LogP contribution in [0.5, 0.6) is 0 Å². The zero-order valence-electron chi connectivity index (χ0n) is 51.2. The lowest BCUT2D eigenvalue weighted by Crippen LogP contribution is -2.18. The number of furan rings is 1. The number of para-hydroxylation sites is 1. The molecule has 424 valence electrons. The van der Waals surface area contributed by atoms with Gasteiger partial charge in [-0.15, -0.1) is 11.3 Å². The minimum absolute atomic E-state index is 0.00221. The lowest BCUT2D eigenvalue weighted by molar-refractivity contribution is 0.590. The Hall–Kier alpha value is -7.91. The van der Waals surface area contributed by atoms with Crippen molar-refractivity contribution in [3.63, 3.8) is 0 Å². The molecule has 2 heterocycles. The molecule has 0 amide bonds. The summed E-state index contributed by atoms with van der Waals surface area (Å²) in [7, 11) is 0. The molecule has 12 aromatic rings. The second kappa shape index (κ2) is 21.0. The SMILES string of the molecule is Cc1ccc(N(c2ccc(C(C)(C)C)cc2)c2ccc(C(C)(C)C)cc2)cc1N(c1cc(-c2ccccc2)cc(N(c2ccc(C(C)(C)C)cc2)c2c(I)sc3cc4c(cc23)-c2ccccc2C4(C)C)c1C)c1cccc2oc3ccccc3c12. The number of hydrogen-bond donors (Lipinski definition) is 0. The Bertz CT molecular complexity index is 4470. The van der Waals surface area contributed by atoms with Crippen LogP contribution in [0.2, 0.25) is 0 Å². The first-order chi connectivity index (χ1) is 40.5. The molecule has 10 aromatic carbocycles. The van der Waals surface area contributed by atoms with Crippen molar-refractivity contribution in [1.82, 2.24) is 0 Å². The Kier molecular flexibility index (Phi) is 13.9. The van der Waals surface area contributed by atoms with E-state index in [-0.39, 0.29) is 21.7 Å². The highest BCUT2D eigenvalue weighted by molar-refractivity contribution is 14.1. The summed E-state index contributed by atoms with van der Waals surface area (Å²) in [5.74, 6) is 0. The second-order valence-corrected chi connectivity index (χ2v) is 29.8. The van der Waals surface area contributed by atoms with Gasteiger partial charge in [-0.1, -0.05) is 197 Å². The maximum absolute atomic E-state index is 6.79. The summed E-state index contributed by atoms with van der Waals surface area (Å²) in [6.07, 6.45) is 0. The van der Waals surface area contributed by atoms with E-state index in [1.165, 1.54) is 57.6 Å². The predicted molar refractivity (Wildman–Crippen MR) is 374 cm³/mol. The van der Waals surface area contributed by atoms with Gasteiger partial charge in [-0.25, -0.2) is 0 Å². The lowest BCUT2D eigenvalue weighted by atomic mass is 9.82. The van der Waals surface area contributed by atoms with E-state index < -0.39 is 0 Å². The highest BCUT2D eigenvalue weighted by atomic mass is 127. The monoisotopic (exact) mass is 1240 g/mol. The molecule has 6 heteroatoms. The molecule has 0 aliphatic heterocycles. The number of hydrogen-bond acceptors (Lipinski definition) is 5. The molecule has 0 saturated heterocycles. The highest BCUT2D eigenvalue weighted by Gasteiger charge is 2.37. The Labute approximate surface area is 520 Å². The van der Waals surface area contributed by atoms with Crippen LogP contribution in [-0.4, -0.2) is 0 Å². The third-order valence-corrected chi connectivity index (χ3v) is 19.9. The van der Waals surface area contributed by atoms with Gasteiger partial charge in [0.1, 0.15) is 11.2 Å². The lowest BCUT2D eigenvalue weighted by Gasteiger charge is -2.35. The summed E-state index contributed by atoms with van der Waals surface area (Å²) < 4.78 is 9.31. The van der Waals surface area contributed by atoms with Gasteiger partial charge >= 0.3 is 0 Å². The molecule has 0 radical (unpaired) electrons. The predicted octanol–water partition coefficient (Wildman–Crippen LogP) is 24.3. The zero-order valence-corrected chi connectivity index (χ0v) is 54.2. The number of nitrogens with zero attached hydrogens (tertiary/aromatic N) is 3. The van der Waals surface area contributed by atoms with Gasteiger partial charge in [0.05, 0.1) is 36.7 Å². The minimum atomic E-state index is -0.124. The largest absolute Gasteiger partial charge is 0.456 e. The molecule has 0 saturated carbocycles. The van der Waals surface area contributed by atoms with Gasteiger partial charge in [0.25, 0.3) is 0 Å². The Morgan fingerprint density at radius 3 is 1.55 bits per heavy atom. The molecule has 0 fully saturated rings. The molecule has 0 spiro atoms. The summed E-state index contributed by atoms with van der Waals surface area (Å²) >= 11 is 4.53. The summed E-state index contributed by atoms with van der Waals surface area (Å²) in [6.45, 7) is 30.0. The number of anilines is 9. The fraction of sp³-hybridized carbons (Fsp3) is 0.215. The van der Waals surface area contributed by atoms with Crippen LogP contribution in [0, 0.1) is 16.7 Å². The number of aryl methyl sites for hydroxylation is 1. The van der Waals surface area contributed by atoms with Crippen molar-refractivity contribution in [2.24, 2.45) is 0 Å². The van der Waals surface area contributed by atoms with Crippen molar-refractivity contribution in [2.45, 2.75) is 112 Å². The fourth-order valence-electron chi connectivity index (χ4n) is 12.9. The van der Waals surface area contributed by atoms with Gasteiger partial charge in [0.2, 0.25) is 0 Å². The van der Waals surface area contributed by atoms with Crippen LogP contribution in [0.3, 0.4) is 0 Å². The first kappa shape index (κ1) is 56.2. The Balaban J connectivity index is 1.11. The number of fused-ring (bicyclic) bond motifs is 7. The maximum Gasteiger partial charge on any atom is 0.137 e. The standard InChI is InChI=1S/C79H74IN3OS/c1-49-30-37-59(81(56-38-31-53(32-39-56)76(3,4)5)57-40-33-54(34-41-57)77(6,7)8)46-67(49)83(66-27-21-29-71-73(66)61-25-18-20-28-70(61)84-71)69-45-52(51-22-15-14-16-23-51)44-68(50(69)2)82(58-42-35-55(36-43-58)78(9,10)11)74-63-47-62-60-24-17-19-26-64(60)79(12,13)65(62)48-72(63)85-75(74)80/h14-48H,1-13H3. The van der Waals surface area contributed by atoms with Crippen molar-refractivity contribution in [3.05, 3.63) is 254 Å². The summed E-state index contributed by atoms with van der Waals surface area (Å²) in [6, 6.07) is 79.6. The third-order valence-electron chi connectivity index (χ3n) is 17.8. The Morgan fingerprint density at radius 1 is 0.412 bits per heavy atom. The van der Waals surface area contributed by atoms with E-state index in [9.17, 15) is 0 Å². The molecule has 1 aliphatic rings. The normalized spacial score (nSPS) is 13.2. The molecule has 85 heavy (non-hydrogen) atoms. The van der Waals surface area contributed by atoms with Crippen LogP contribution >= 0.6 is 33.9 Å². The molecule has 0 N–H and O–H groups in total. The summed E-state index contributed by atoms with van der Waals surface area (Å²) in [4.78, 5) is 7.55. The summed E-state index contributed by atoms with van der Waals surface area (Å²) in [5.41, 5.74) is 25.1. The van der Waals surface area contributed by atoms with Gasteiger partial charge in [-0.2, -0.15) is 0 Å². The number of thiophene rings is 1. The molecule has 0 bridgehead atoms. The molecule has 1 aliphatic carbocycles. The first-order valence-electron chi connectivity index (χ1n) is 29.8. The van der Waals surface area contributed by atoms with Crippen LogP contribution in [-0.2, 0) is 21.7 Å². The van der Waals surface area contributed by atoms with Crippen molar-refractivity contribution >= 4 is 117 Å². The highest BCUT2D eigenvalue weighted by Crippen LogP contribution is 2.56. The smallest absolute Gasteiger partial charge is 0.137 e. The number of rotatable bonds is 10. The van der Waals surface area contributed by atoms with Crippen LogP contribution in [0.4, 0.5) is 51.2 Å². The average molecular weight is 1240 g/mol. The van der Waals surface area contributed by atoms with Crippen molar-refractivity contribution in [1.29, 1.82) is 0 Å². The third kappa shape index (κ3) is 9.93. The molecule has 0 unspecified atom stereocenters. The molecular weight excluding hydrogens is 1170 g/mol. The van der Waals surface area contributed by atoms with Crippen LogP contribution in [0.15, 0.2) is 217 Å². The van der Waals surface area contributed by atoms with Gasteiger partial charge in [-0.3, -0.25) is 0 Å². The average Bonchev–Trinajstić information content (AvgIpc) is 1.85. The zero-order chi connectivity index (χ0) is 59.5. The van der Waals surface area contributed by atoms with E-state index in [4.69, 9.17) is 4.42 Å². The van der Waals surface area contributed by atoms with E-state index in [1.807, 2.05) is 11.3 Å². The fourth-order valence-corrected chi connectivity index (χ4v) is 15.1. The van der Waals surface area contributed by atoms with E-state index >= 15 is 0 Å². The molecule has 4 nitrogen and oxygen atoms in total. The van der Waals surface area contributed by atoms with Crippen LogP contribution in [0.1, 0.15) is 115 Å². The van der Waals surface area contributed by atoms with Crippen LogP contribution in [0.25, 0.3) is 54.3 Å². The molecule has 2 aromatic heterocycles. The van der Waals surface area contributed by atoms with E-state index in [1.54, 1.807) is 0 Å². The van der Waals surface area contributed by atoms with Gasteiger partial charge in [0, 0.05) is 43.6 Å². The molecule has 0 atom stereocenters. The van der Waals surface area contributed by atoms with E-state index in [2.05, 4.69) is 340 Å². The van der Waals surface area contributed by atoms with Crippen LogP contribution < -0.4 is 14.7 Å². The van der Waals surface area contributed by atoms with Crippen molar-refractivity contribution in [3.8, 4) is 22.3 Å². The minimum Gasteiger partial charge on any atom is -0.456 e. The second-order valence-electron chi connectivity index (χ2n) is 26.9. The van der Waals surface area contributed by atoms with E-state index in [0.717, 1.165) is 89.7 Å². The number of benzene rings is 10. The molecule has 13 rings (SSSR count). The van der Waals surface area contributed by atoms with Crippen molar-refractivity contribution in [2.75, 3.05) is 14.7 Å². The molecular formula is C79H74IN3OS.